The Kier molecular flexibility index (Phi) is 5.36. The zero-order valence-electron chi connectivity index (χ0n) is 13.7. The summed E-state index contributed by atoms with van der Waals surface area (Å²) < 4.78 is 5.63. The highest BCUT2D eigenvalue weighted by molar-refractivity contribution is 5.95. The Morgan fingerprint density at radius 2 is 1.88 bits per heavy atom. The van der Waals surface area contributed by atoms with E-state index >= 15 is 0 Å². The summed E-state index contributed by atoms with van der Waals surface area (Å²) >= 11 is 0. The second-order valence-electron chi connectivity index (χ2n) is 5.34. The van der Waals surface area contributed by atoms with Crippen molar-refractivity contribution in [3.63, 3.8) is 0 Å². The molecule has 7 heteroatoms. The van der Waals surface area contributed by atoms with Crippen LogP contribution >= 0.6 is 0 Å². The number of hydrazine groups is 1. The van der Waals surface area contributed by atoms with Crippen LogP contribution in [0.4, 0.5) is 0 Å². The molecule has 24 heavy (non-hydrogen) atoms. The fourth-order valence-corrected chi connectivity index (χ4v) is 1.94. The van der Waals surface area contributed by atoms with Crippen molar-refractivity contribution in [2.45, 2.75) is 26.9 Å². The van der Waals surface area contributed by atoms with Gasteiger partial charge in [0.05, 0.1) is 5.56 Å². The Morgan fingerprint density at radius 1 is 1.12 bits per heavy atom. The molecular weight excluding hydrogens is 310 g/mol. The van der Waals surface area contributed by atoms with Crippen molar-refractivity contribution in [1.82, 2.24) is 15.8 Å². The molecule has 1 heterocycles. The van der Waals surface area contributed by atoms with Crippen LogP contribution < -0.4 is 21.1 Å². The van der Waals surface area contributed by atoms with Gasteiger partial charge < -0.3 is 9.72 Å². The average Bonchev–Trinajstić information content (AvgIpc) is 2.57. The minimum atomic E-state index is -0.790. The third-order valence-corrected chi connectivity index (χ3v) is 3.57. The van der Waals surface area contributed by atoms with Crippen LogP contribution in [-0.2, 0) is 4.79 Å². The summed E-state index contributed by atoms with van der Waals surface area (Å²) in [5.41, 5.74) is 6.49. The van der Waals surface area contributed by atoms with E-state index in [4.69, 9.17) is 4.74 Å². The van der Waals surface area contributed by atoms with E-state index in [2.05, 4.69) is 15.8 Å². The summed E-state index contributed by atoms with van der Waals surface area (Å²) in [5.74, 6) is -0.420. The topological polar surface area (TPSA) is 100 Å². The normalized spacial score (nSPS) is 11.5. The summed E-state index contributed by atoms with van der Waals surface area (Å²) in [7, 11) is 0. The van der Waals surface area contributed by atoms with E-state index in [1.807, 2.05) is 26.0 Å². The Hall–Kier alpha value is -3.09. The van der Waals surface area contributed by atoms with E-state index in [0.29, 0.717) is 5.75 Å². The first kappa shape index (κ1) is 17.3. The summed E-state index contributed by atoms with van der Waals surface area (Å²) in [6.45, 7) is 5.45. The van der Waals surface area contributed by atoms with Crippen molar-refractivity contribution in [3.05, 3.63) is 63.6 Å². The number of carbonyl (C=O) groups is 2. The van der Waals surface area contributed by atoms with Gasteiger partial charge >= 0.3 is 0 Å². The predicted molar refractivity (Wildman–Crippen MR) is 88.7 cm³/mol. The number of H-pyrrole nitrogens is 1. The molecule has 1 unspecified atom stereocenters. The van der Waals surface area contributed by atoms with E-state index in [9.17, 15) is 14.4 Å². The highest BCUT2D eigenvalue weighted by Gasteiger charge is 2.17. The van der Waals surface area contributed by atoms with Crippen LogP contribution in [0.15, 0.2) is 41.3 Å². The summed E-state index contributed by atoms with van der Waals surface area (Å²) in [4.78, 5) is 37.2. The highest BCUT2D eigenvalue weighted by atomic mass is 16.5. The van der Waals surface area contributed by atoms with Crippen molar-refractivity contribution in [2.24, 2.45) is 0 Å². The fraction of sp³-hybridized carbons (Fsp3) is 0.235. The molecule has 0 aliphatic rings. The first-order valence-corrected chi connectivity index (χ1v) is 7.40. The molecule has 2 rings (SSSR count). The van der Waals surface area contributed by atoms with Gasteiger partial charge in [-0.15, -0.1) is 0 Å². The summed E-state index contributed by atoms with van der Waals surface area (Å²) in [6, 6.07) is 8.17. The highest BCUT2D eigenvalue weighted by Crippen LogP contribution is 2.21. The second-order valence-corrected chi connectivity index (χ2v) is 5.34. The monoisotopic (exact) mass is 329 g/mol. The molecule has 0 spiro atoms. The quantitative estimate of drug-likeness (QED) is 0.734. The van der Waals surface area contributed by atoms with E-state index in [0.717, 1.165) is 11.1 Å². The van der Waals surface area contributed by atoms with Crippen molar-refractivity contribution in [3.8, 4) is 5.75 Å². The standard InChI is InChI=1S/C17H19N3O4/c1-10-5-4-6-14(11(10)2)24-12(3)16(22)19-20-17(23)13-7-8-15(21)18-9-13/h4-9,12H,1-3H3,(H,18,21)(H,19,22)(H,20,23). The Labute approximate surface area is 139 Å². The first-order valence-electron chi connectivity index (χ1n) is 7.40. The van der Waals surface area contributed by atoms with Gasteiger partial charge in [0.25, 0.3) is 11.8 Å². The van der Waals surface area contributed by atoms with Gasteiger partial charge in [0.2, 0.25) is 5.56 Å². The summed E-state index contributed by atoms with van der Waals surface area (Å²) in [5, 5.41) is 0. The number of rotatable bonds is 4. The third kappa shape index (κ3) is 4.22. The Balaban J connectivity index is 1.92. The maximum absolute atomic E-state index is 12.0. The van der Waals surface area contributed by atoms with Crippen LogP contribution in [0.3, 0.4) is 0 Å². The number of pyridine rings is 1. The van der Waals surface area contributed by atoms with Crippen molar-refractivity contribution in [1.29, 1.82) is 0 Å². The number of amides is 2. The van der Waals surface area contributed by atoms with Gasteiger partial charge in [-0.05, 0) is 44.0 Å². The fourth-order valence-electron chi connectivity index (χ4n) is 1.94. The minimum Gasteiger partial charge on any atom is -0.481 e. The maximum Gasteiger partial charge on any atom is 0.279 e. The number of nitrogens with one attached hydrogen (secondary N) is 3. The van der Waals surface area contributed by atoms with Gasteiger partial charge in [0.15, 0.2) is 6.10 Å². The number of benzene rings is 1. The third-order valence-electron chi connectivity index (χ3n) is 3.57. The summed E-state index contributed by atoms with van der Waals surface area (Å²) in [6.07, 6.45) is 0.473. The largest absolute Gasteiger partial charge is 0.481 e. The molecule has 0 aliphatic carbocycles. The molecule has 0 saturated heterocycles. The lowest BCUT2D eigenvalue weighted by molar-refractivity contribution is -0.128. The van der Waals surface area contributed by atoms with Crippen LogP contribution in [0.25, 0.3) is 0 Å². The number of aromatic amines is 1. The number of aryl methyl sites for hydroxylation is 1. The van der Waals surface area contributed by atoms with E-state index < -0.39 is 17.9 Å². The number of ether oxygens (including phenoxy) is 1. The molecule has 0 radical (unpaired) electrons. The maximum atomic E-state index is 12.0. The number of carbonyl (C=O) groups excluding carboxylic acids is 2. The molecule has 0 bridgehead atoms. The molecule has 7 nitrogen and oxygen atoms in total. The molecule has 0 saturated carbocycles. The molecule has 1 aromatic heterocycles. The predicted octanol–water partition coefficient (Wildman–Crippen LogP) is 1.22. The van der Waals surface area contributed by atoms with Crippen LogP contribution in [0, 0.1) is 13.8 Å². The Morgan fingerprint density at radius 3 is 2.54 bits per heavy atom. The molecule has 3 N–H and O–H groups in total. The molecule has 2 amide bonds. The van der Waals surface area contributed by atoms with Gasteiger partial charge in [-0.3, -0.25) is 25.2 Å². The Bertz CT molecular complexity index is 793. The molecule has 1 atom stereocenters. The van der Waals surface area contributed by atoms with Crippen LogP contribution in [0.5, 0.6) is 5.75 Å². The van der Waals surface area contributed by atoms with Gasteiger partial charge in [-0.2, -0.15) is 0 Å². The number of hydrogen-bond donors (Lipinski definition) is 3. The van der Waals surface area contributed by atoms with Crippen molar-refractivity contribution >= 4 is 11.8 Å². The lowest BCUT2D eigenvalue weighted by Crippen LogP contribution is -2.47. The molecule has 0 fully saturated rings. The number of aromatic nitrogens is 1. The van der Waals surface area contributed by atoms with E-state index in [-0.39, 0.29) is 11.1 Å². The van der Waals surface area contributed by atoms with Crippen LogP contribution in [0.2, 0.25) is 0 Å². The van der Waals surface area contributed by atoms with E-state index in [1.54, 1.807) is 13.0 Å². The van der Waals surface area contributed by atoms with E-state index in [1.165, 1.54) is 18.3 Å². The number of hydrogen-bond acceptors (Lipinski definition) is 4. The second kappa shape index (κ2) is 7.45. The smallest absolute Gasteiger partial charge is 0.279 e. The van der Waals surface area contributed by atoms with Gasteiger partial charge in [-0.1, -0.05) is 12.1 Å². The first-order chi connectivity index (χ1) is 11.4. The molecular formula is C17H19N3O4. The minimum absolute atomic E-state index is 0.220. The van der Waals surface area contributed by atoms with Crippen molar-refractivity contribution in [2.75, 3.05) is 0 Å². The zero-order chi connectivity index (χ0) is 17.7. The molecule has 1 aromatic carbocycles. The van der Waals surface area contributed by atoms with Crippen LogP contribution in [0.1, 0.15) is 28.4 Å². The van der Waals surface area contributed by atoms with Gasteiger partial charge in [-0.25, -0.2) is 0 Å². The average molecular weight is 329 g/mol. The lowest BCUT2D eigenvalue weighted by atomic mass is 10.1. The van der Waals surface area contributed by atoms with Crippen LogP contribution in [-0.4, -0.2) is 22.9 Å². The SMILES string of the molecule is Cc1cccc(OC(C)C(=O)NNC(=O)c2ccc(=O)[nH]c2)c1C. The zero-order valence-corrected chi connectivity index (χ0v) is 13.7. The van der Waals surface area contributed by atoms with Gasteiger partial charge in [0, 0.05) is 12.3 Å². The van der Waals surface area contributed by atoms with Gasteiger partial charge in [0.1, 0.15) is 5.75 Å². The molecule has 2 aromatic rings. The lowest BCUT2D eigenvalue weighted by Gasteiger charge is -2.17. The molecule has 0 aliphatic heterocycles. The van der Waals surface area contributed by atoms with Crippen molar-refractivity contribution < 1.29 is 14.3 Å². The molecule has 126 valence electrons.